The molecule has 0 bridgehead atoms. The van der Waals surface area contributed by atoms with Gasteiger partial charge in [0.1, 0.15) is 17.3 Å². The lowest BCUT2D eigenvalue weighted by Gasteiger charge is -2.26. The summed E-state index contributed by atoms with van der Waals surface area (Å²) in [5, 5.41) is 3.33. The molecule has 1 aliphatic rings. The second kappa shape index (κ2) is 11.6. The largest absolute Gasteiger partial charge is 0.463 e. The Morgan fingerprint density at radius 3 is 2.69 bits per heavy atom. The normalized spacial score (nSPS) is 14.5. The van der Waals surface area contributed by atoms with Gasteiger partial charge >= 0.3 is 12.2 Å². The molecule has 2 aromatic carbocycles. The van der Waals surface area contributed by atoms with Gasteiger partial charge in [-0.15, -0.1) is 0 Å². The van der Waals surface area contributed by atoms with Gasteiger partial charge in [0.2, 0.25) is 0 Å². The highest BCUT2D eigenvalue weighted by molar-refractivity contribution is 6.32. The molecular weight excluding hydrogens is 485 g/mol. The quantitative estimate of drug-likeness (QED) is 0.367. The van der Waals surface area contributed by atoms with Crippen LogP contribution in [0.3, 0.4) is 0 Å². The summed E-state index contributed by atoms with van der Waals surface area (Å²) in [5.41, 5.74) is -0.185. The summed E-state index contributed by atoms with van der Waals surface area (Å²) in [6.07, 6.45) is -2.02. The Balaban J connectivity index is 1.32. The van der Waals surface area contributed by atoms with Gasteiger partial charge in [-0.3, -0.25) is 4.90 Å². The van der Waals surface area contributed by atoms with E-state index in [1.165, 1.54) is 12.1 Å². The van der Waals surface area contributed by atoms with Gasteiger partial charge in [0.05, 0.1) is 30.4 Å². The highest BCUT2D eigenvalue weighted by Crippen LogP contribution is 2.35. The van der Waals surface area contributed by atoms with Crippen LogP contribution in [0.2, 0.25) is 5.02 Å². The molecule has 0 saturated carbocycles. The number of halogens is 4. The van der Waals surface area contributed by atoms with Crippen LogP contribution in [0.1, 0.15) is 12.0 Å². The molecule has 0 radical (unpaired) electrons. The van der Waals surface area contributed by atoms with Crippen molar-refractivity contribution in [3.8, 4) is 17.5 Å². The molecule has 1 fully saturated rings. The van der Waals surface area contributed by atoms with E-state index in [0.717, 1.165) is 51.4 Å². The van der Waals surface area contributed by atoms with E-state index in [9.17, 15) is 13.2 Å². The first-order valence-electron chi connectivity index (χ1n) is 11.0. The van der Waals surface area contributed by atoms with Gasteiger partial charge in [-0.25, -0.2) is 4.98 Å². The number of aromatic nitrogens is 2. The van der Waals surface area contributed by atoms with Crippen molar-refractivity contribution in [3.05, 3.63) is 65.3 Å². The van der Waals surface area contributed by atoms with Gasteiger partial charge in [0.15, 0.2) is 0 Å². The van der Waals surface area contributed by atoms with Crippen LogP contribution in [0.15, 0.2) is 54.7 Å². The third kappa shape index (κ3) is 7.45. The van der Waals surface area contributed by atoms with E-state index in [0.29, 0.717) is 18.1 Å². The molecule has 0 spiro atoms. The van der Waals surface area contributed by atoms with Gasteiger partial charge in [-0.1, -0.05) is 17.7 Å². The predicted molar refractivity (Wildman–Crippen MR) is 126 cm³/mol. The first-order chi connectivity index (χ1) is 16.9. The Labute approximate surface area is 205 Å². The van der Waals surface area contributed by atoms with Crippen molar-refractivity contribution in [1.82, 2.24) is 14.9 Å². The number of rotatable bonds is 9. The molecule has 1 aromatic heterocycles. The summed E-state index contributed by atoms with van der Waals surface area (Å²) in [6.45, 7) is 4.81. The third-order valence-electron chi connectivity index (χ3n) is 5.18. The van der Waals surface area contributed by atoms with E-state index >= 15 is 0 Å². The molecule has 1 aliphatic heterocycles. The third-order valence-corrected chi connectivity index (χ3v) is 5.48. The first-order valence-corrected chi connectivity index (χ1v) is 11.4. The zero-order valence-corrected chi connectivity index (χ0v) is 19.5. The maximum atomic E-state index is 12.9. The molecule has 2 heterocycles. The van der Waals surface area contributed by atoms with Crippen molar-refractivity contribution in [3.63, 3.8) is 0 Å². The van der Waals surface area contributed by atoms with E-state index in [1.54, 1.807) is 30.5 Å². The number of hydrogen-bond acceptors (Lipinski definition) is 7. The molecule has 0 atom stereocenters. The van der Waals surface area contributed by atoms with Crippen molar-refractivity contribution < 1.29 is 27.4 Å². The summed E-state index contributed by atoms with van der Waals surface area (Å²) in [6, 6.07) is 11.4. The Morgan fingerprint density at radius 2 is 1.91 bits per heavy atom. The number of morpholine rings is 1. The van der Waals surface area contributed by atoms with Gasteiger partial charge in [-0.05, 0) is 48.9 Å². The van der Waals surface area contributed by atoms with Gasteiger partial charge < -0.3 is 19.5 Å². The molecular formula is C24H24ClF3N4O3. The molecule has 11 heteroatoms. The van der Waals surface area contributed by atoms with Crippen LogP contribution < -0.4 is 14.8 Å². The minimum Gasteiger partial charge on any atom is -0.463 e. The molecule has 4 rings (SSSR count). The summed E-state index contributed by atoms with van der Waals surface area (Å²) in [5.74, 6) is 0.767. The molecule has 1 N–H and O–H groups in total. The summed E-state index contributed by atoms with van der Waals surface area (Å²) in [4.78, 5) is 10.8. The van der Waals surface area contributed by atoms with E-state index in [-0.39, 0.29) is 22.5 Å². The molecule has 186 valence electrons. The topological polar surface area (TPSA) is 68.7 Å². The van der Waals surface area contributed by atoms with Gasteiger partial charge in [0.25, 0.3) is 0 Å². The average molecular weight is 509 g/mol. The molecule has 0 aliphatic carbocycles. The first kappa shape index (κ1) is 25.0. The maximum Gasteiger partial charge on any atom is 0.416 e. The predicted octanol–water partition coefficient (Wildman–Crippen LogP) is 5.79. The van der Waals surface area contributed by atoms with E-state index in [1.807, 2.05) is 0 Å². The number of anilines is 2. The average Bonchev–Trinajstić information content (AvgIpc) is 2.84. The lowest BCUT2D eigenvalue weighted by molar-refractivity contribution is -0.137. The zero-order chi connectivity index (χ0) is 24.7. The van der Waals surface area contributed by atoms with Crippen LogP contribution in [0.5, 0.6) is 17.5 Å². The zero-order valence-electron chi connectivity index (χ0n) is 18.7. The second-order valence-corrected chi connectivity index (χ2v) is 8.19. The van der Waals surface area contributed by atoms with Crippen molar-refractivity contribution in [2.45, 2.75) is 12.6 Å². The summed E-state index contributed by atoms with van der Waals surface area (Å²) >= 11 is 6.30. The fourth-order valence-corrected chi connectivity index (χ4v) is 3.65. The number of ether oxygens (including phenoxy) is 3. The Hall–Kier alpha value is -3.08. The van der Waals surface area contributed by atoms with Crippen LogP contribution in [0.4, 0.5) is 24.7 Å². The SMILES string of the molecule is FC(F)(F)c1cccc(Oc2ccc(Nc3ccnc(OCCCN4CCOCC4)n3)cc2Cl)c1. The molecule has 1 saturated heterocycles. The summed E-state index contributed by atoms with van der Waals surface area (Å²) in [7, 11) is 0. The number of nitrogens with zero attached hydrogens (tertiary/aromatic N) is 3. The lowest BCUT2D eigenvalue weighted by Crippen LogP contribution is -2.37. The Kier molecular flexibility index (Phi) is 8.27. The van der Waals surface area contributed by atoms with Crippen molar-refractivity contribution in [2.75, 3.05) is 44.8 Å². The number of nitrogens with one attached hydrogen (secondary N) is 1. The second-order valence-electron chi connectivity index (χ2n) is 7.78. The van der Waals surface area contributed by atoms with Crippen LogP contribution >= 0.6 is 11.6 Å². The number of hydrogen-bond donors (Lipinski definition) is 1. The lowest BCUT2D eigenvalue weighted by atomic mass is 10.2. The van der Waals surface area contributed by atoms with Gasteiger partial charge in [0, 0.05) is 31.5 Å². The van der Waals surface area contributed by atoms with Crippen molar-refractivity contribution in [1.29, 1.82) is 0 Å². The molecule has 35 heavy (non-hydrogen) atoms. The van der Waals surface area contributed by atoms with E-state index in [4.69, 9.17) is 25.8 Å². The van der Waals surface area contributed by atoms with Gasteiger partial charge in [-0.2, -0.15) is 18.2 Å². The van der Waals surface area contributed by atoms with Crippen LogP contribution in [0.25, 0.3) is 0 Å². The van der Waals surface area contributed by atoms with Crippen LogP contribution in [-0.4, -0.2) is 54.3 Å². The standard InChI is InChI=1S/C24H24ClF3N4O3/c25-20-16-18(5-6-21(20)35-19-4-1-3-17(15-19)24(26,27)28)30-22-7-8-29-23(31-22)34-12-2-9-32-10-13-33-14-11-32/h1,3-8,15-16H,2,9-14H2,(H,29,30,31). The molecule has 7 nitrogen and oxygen atoms in total. The molecule has 3 aromatic rings. The monoisotopic (exact) mass is 508 g/mol. The Morgan fingerprint density at radius 1 is 1.09 bits per heavy atom. The smallest absolute Gasteiger partial charge is 0.416 e. The minimum atomic E-state index is -4.46. The number of alkyl halides is 3. The maximum absolute atomic E-state index is 12.9. The highest BCUT2D eigenvalue weighted by Gasteiger charge is 2.30. The minimum absolute atomic E-state index is 0.0358. The highest BCUT2D eigenvalue weighted by atomic mass is 35.5. The van der Waals surface area contributed by atoms with Crippen molar-refractivity contribution >= 4 is 23.1 Å². The fourth-order valence-electron chi connectivity index (χ4n) is 3.43. The molecule has 0 unspecified atom stereocenters. The van der Waals surface area contributed by atoms with Crippen LogP contribution in [0, 0.1) is 0 Å². The molecule has 0 amide bonds. The number of benzene rings is 2. The Bertz CT molecular complexity index is 1130. The van der Waals surface area contributed by atoms with E-state index in [2.05, 4.69) is 20.2 Å². The van der Waals surface area contributed by atoms with Crippen molar-refractivity contribution in [2.24, 2.45) is 0 Å². The summed E-state index contributed by atoms with van der Waals surface area (Å²) < 4.78 is 55.3. The fraction of sp³-hybridized carbons (Fsp3) is 0.333. The van der Waals surface area contributed by atoms with E-state index < -0.39 is 11.7 Å². The van der Waals surface area contributed by atoms with Crippen LogP contribution in [-0.2, 0) is 10.9 Å².